The number of esters is 1. The van der Waals surface area contributed by atoms with Crippen LogP contribution < -0.4 is 22.1 Å². The fraction of sp³-hybridized carbons (Fsp3) is 0.356. The van der Waals surface area contributed by atoms with E-state index in [2.05, 4.69) is 44.4 Å². The predicted octanol–water partition coefficient (Wildman–Crippen LogP) is 8.25. The summed E-state index contributed by atoms with van der Waals surface area (Å²) >= 11 is 0. The van der Waals surface area contributed by atoms with Crippen molar-refractivity contribution >= 4 is 80.0 Å². The number of hydrogen-bond acceptors (Lipinski definition) is 11. The summed E-state index contributed by atoms with van der Waals surface area (Å²) in [5.74, 6) is -5.03. The van der Waals surface area contributed by atoms with Crippen LogP contribution in [-0.4, -0.2) is 103 Å². The lowest BCUT2D eigenvalue weighted by molar-refractivity contribution is -0.142. The molecule has 4 aromatic heterocycles. The summed E-state index contributed by atoms with van der Waals surface area (Å²) < 4.78 is 5.26. The van der Waals surface area contributed by atoms with E-state index >= 15 is 0 Å². The summed E-state index contributed by atoms with van der Waals surface area (Å²) in [5, 5.41) is 24.1. The van der Waals surface area contributed by atoms with Crippen molar-refractivity contribution in [3.8, 4) is 11.3 Å². The van der Waals surface area contributed by atoms with Crippen LogP contribution >= 0.6 is 0 Å². The number of ether oxygens (including phenoxy) is 1. The maximum atomic E-state index is 14.5. The Labute approximate surface area is 450 Å². The van der Waals surface area contributed by atoms with Gasteiger partial charge in [0.05, 0.1) is 30.4 Å². The first-order valence-electron chi connectivity index (χ1n) is 26.4. The Balaban J connectivity index is 0.873. The van der Waals surface area contributed by atoms with E-state index in [0.717, 1.165) is 45.5 Å². The number of Topliss-reactive ketones (excluding diaryl/α,β-unsaturated/α-hetero) is 2. The number of benzene rings is 2. The van der Waals surface area contributed by atoms with Crippen LogP contribution in [-0.2, 0) is 23.9 Å². The third-order valence-electron chi connectivity index (χ3n) is 15.8. The van der Waals surface area contributed by atoms with Gasteiger partial charge in [0, 0.05) is 116 Å². The first-order valence-corrected chi connectivity index (χ1v) is 26.4. The number of carboxylic acid groups (broad SMARTS) is 1. The Morgan fingerprint density at radius 2 is 1.50 bits per heavy atom. The number of hydrogen-bond donors (Lipinski definition) is 9. The SMILES string of the molecule is CC[C@H]1c2cc3[nH]c4c(c3C)C(=O)C(C(=O)OC)c4c3nc(cc4[nH]c(cc(n2)[C@@H]1C)c(C(C)=O)c4C)[C@@H](C)[C@@H]3CCC(=O)NCCCC(NC(=O)CCN=C(N)c1ccc(-c2cc3ccc(C(=N)N)cc3[nH]2)cc1)C(=O)O. The number of nitrogen functional groups attached to an aromatic ring is 1. The molecule has 0 saturated carbocycles. The molecule has 2 amide bonds. The molecule has 9 rings (SSSR count). The molecule has 6 aromatic rings. The summed E-state index contributed by atoms with van der Waals surface area (Å²) in [4.78, 5) is 105. The lowest BCUT2D eigenvalue weighted by Gasteiger charge is -2.19. The number of rotatable bonds is 18. The fourth-order valence-electron chi connectivity index (χ4n) is 11.4. The molecule has 8 bridgehead atoms. The number of carbonyl (C=O) groups excluding carboxylic acids is 5. The van der Waals surface area contributed by atoms with Crippen molar-refractivity contribution in [2.45, 2.75) is 116 Å². The number of nitrogens with zero attached hydrogens (tertiary/aromatic N) is 3. The number of carboxylic acids is 1. The maximum absolute atomic E-state index is 14.5. The number of aliphatic carboxylic acids is 1. The number of methoxy groups -OCH3 is 1. The van der Waals surface area contributed by atoms with E-state index in [4.69, 9.17) is 31.6 Å². The molecular formula is C59H65N11O8. The molecule has 11 N–H and O–H groups in total. The lowest BCUT2D eigenvalue weighted by atomic mass is 9.84. The second-order valence-corrected chi connectivity index (χ2v) is 20.7. The van der Waals surface area contributed by atoms with Gasteiger partial charge in [0.15, 0.2) is 11.6 Å². The Morgan fingerprint density at radius 3 is 2.19 bits per heavy atom. The smallest absolute Gasteiger partial charge is 0.326 e. The highest BCUT2D eigenvalue weighted by Crippen LogP contribution is 2.48. The van der Waals surface area contributed by atoms with Gasteiger partial charge in [-0.3, -0.25) is 44.3 Å². The number of amides is 2. The molecule has 2 unspecified atom stereocenters. The predicted molar refractivity (Wildman–Crippen MR) is 298 cm³/mol. The number of ketones is 2. The second-order valence-electron chi connectivity index (χ2n) is 20.7. The molecular weight excluding hydrogens is 991 g/mol. The van der Waals surface area contributed by atoms with Crippen LogP contribution in [0, 0.1) is 19.3 Å². The van der Waals surface area contributed by atoms with E-state index in [1.54, 1.807) is 6.07 Å². The van der Waals surface area contributed by atoms with Gasteiger partial charge in [0.25, 0.3) is 0 Å². The molecule has 6 heterocycles. The molecule has 19 nitrogen and oxygen atoms in total. The zero-order chi connectivity index (χ0) is 55.9. The van der Waals surface area contributed by atoms with Gasteiger partial charge >= 0.3 is 11.9 Å². The van der Waals surface area contributed by atoms with Crippen LogP contribution in [0.3, 0.4) is 0 Å². The molecule has 404 valence electrons. The highest BCUT2D eigenvalue weighted by Gasteiger charge is 2.45. The number of H-pyrrole nitrogens is 3. The van der Waals surface area contributed by atoms with Crippen molar-refractivity contribution in [1.29, 1.82) is 5.41 Å². The van der Waals surface area contributed by atoms with Crippen molar-refractivity contribution in [3.63, 3.8) is 0 Å². The van der Waals surface area contributed by atoms with Gasteiger partial charge in [-0.05, 0) is 93.5 Å². The normalized spacial score (nSPS) is 18.2. The Kier molecular flexibility index (Phi) is 15.3. The number of aliphatic imine (C=N–C) groups is 1. The van der Waals surface area contributed by atoms with E-state index in [-0.39, 0.29) is 86.3 Å². The fourth-order valence-corrected chi connectivity index (χ4v) is 11.4. The highest BCUT2D eigenvalue weighted by molar-refractivity contribution is 6.23. The van der Waals surface area contributed by atoms with Crippen molar-refractivity contribution in [2.75, 3.05) is 20.2 Å². The zero-order valence-corrected chi connectivity index (χ0v) is 44.8. The molecule has 2 aliphatic heterocycles. The summed E-state index contributed by atoms with van der Waals surface area (Å²) in [5.41, 5.74) is 23.8. The van der Waals surface area contributed by atoms with Crippen LogP contribution in [0.15, 0.2) is 71.7 Å². The molecule has 0 spiro atoms. The first-order chi connectivity index (χ1) is 37.3. The minimum atomic E-state index is -1.30. The monoisotopic (exact) mass is 1060 g/mol. The number of carbonyl (C=O) groups is 6. The summed E-state index contributed by atoms with van der Waals surface area (Å²) in [7, 11) is 1.24. The second kappa shape index (κ2) is 22.1. The largest absolute Gasteiger partial charge is 0.480 e. The Hall–Kier alpha value is -8.74. The minimum Gasteiger partial charge on any atom is -0.480 e. The molecule has 0 radical (unpaired) electrons. The topological polar surface area (TPSA) is 317 Å². The summed E-state index contributed by atoms with van der Waals surface area (Å²) in [6.07, 6.45) is 1.30. The van der Waals surface area contributed by atoms with E-state index in [0.29, 0.717) is 66.8 Å². The van der Waals surface area contributed by atoms with Crippen molar-refractivity contribution in [3.05, 3.63) is 128 Å². The number of aromatic nitrogens is 5. The molecule has 2 aromatic carbocycles. The average Bonchev–Trinajstić information content (AvgIpc) is 4.41. The van der Waals surface area contributed by atoms with Gasteiger partial charge in [0.1, 0.15) is 23.6 Å². The van der Waals surface area contributed by atoms with Gasteiger partial charge in [0.2, 0.25) is 11.8 Å². The van der Waals surface area contributed by atoms with Crippen molar-refractivity contribution in [2.24, 2.45) is 16.5 Å². The van der Waals surface area contributed by atoms with Gasteiger partial charge in [-0.25, -0.2) is 4.79 Å². The van der Waals surface area contributed by atoms with E-state index in [1.807, 2.05) is 81.4 Å². The van der Waals surface area contributed by atoms with Gasteiger partial charge < -0.3 is 46.9 Å². The number of amidine groups is 2. The average molecular weight is 1060 g/mol. The van der Waals surface area contributed by atoms with Crippen LogP contribution in [0.2, 0.25) is 0 Å². The summed E-state index contributed by atoms with van der Waals surface area (Å²) in [6.45, 7) is 11.6. The minimum absolute atomic E-state index is 0.0145. The van der Waals surface area contributed by atoms with Gasteiger partial charge in [-0.2, -0.15) is 0 Å². The molecule has 6 atom stereocenters. The summed E-state index contributed by atoms with van der Waals surface area (Å²) in [6, 6.07) is 19.5. The van der Waals surface area contributed by atoms with Gasteiger partial charge in [-0.15, -0.1) is 0 Å². The molecule has 0 fully saturated rings. The Bertz CT molecular complexity index is 3660. The maximum Gasteiger partial charge on any atom is 0.326 e. The lowest BCUT2D eigenvalue weighted by Crippen LogP contribution is -2.41. The van der Waals surface area contributed by atoms with Crippen LogP contribution in [0.25, 0.3) is 44.2 Å². The third-order valence-corrected chi connectivity index (χ3v) is 15.8. The quantitative estimate of drug-likeness (QED) is 0.00981. The molecule has 0 saturated heterocycles. The van der Waals surface area contributed by atoms with Crippen molar-refractivity contribution in [1.82, 2.24) is 35.6 Å². The molecule has 1 aliphatic carbocycles. The van der Waals surface area contributed by atoms with Crippen LogP contribution in [0.1, 0.15) is 167 Å². The molecule has 3 aliphatic rings. The van der Waals surface area contributed by atoms with Gasteiger partial charge in [-0.1, -0.05) is 57.2 Å². The number of aromatic amines is 3. The van der Waals surface area contributed by atoms with Crippen LogP contribution in [0.4, 0.5) is 0 Å². The number of aryl methyl sites for hydroxylation is 2. The molecule has 19 heteroatoms. The Morgan fingerprint density at radius 1 is 0.821 bits per heavy atom. The molecule has 78 heavy (non-hydrogen) atoms. The number of nitrogens with one attached hydrogen (secondary N) is 6. The number of nitrogens with two attached hydrogens (primary N) is 2. The standard InChI is InChI=1S/C59H65N11O8/c1-8-36-27(2)39-26-46-49(31(6)71)29(4)41(66-46)24-40-28(3)37(53(69-40)51-52(59(77)78-7)55(74)50-30(5)42(70-54(50)51)25-45(36)65-39)17-18-47(72)63-20-9-10-38(58(75)76)68-48(73)19-21-64-57(62)33-13-11-32(12-14-33)43-22-34-15-16-35(56(60)61)23-44(34)67-43/h11-16,22-28,36-38,52,66-67,70H,8-10,17-21H2,1-7H3,(H3,60,61)(H2,62,64)(H,63,72)(H,68,73)(H,75,76)/t27-,28+,36-,37+,38?,52?/m1/s1. The van der Waals surface area contributed by atoms with E-state index in [1.165, 1.54) is 14.0 Å². The van der Waals surface area contributed by atoms with Crippen molar-refractivity contribution < 1.29 is 38.6 Å². The van der Waals surface area contributed by atoms with E-state index < -0.39 is 41.5 Å². The third kappa shape index (κ3) is 10.4. The van der Waals surface area contributed by atoms with E-state index in [9.17, 15) is 33.9 Å². The first kappa shape index (κ1) is 54.1. The zero-order valence-electron chi connectivity index (χ0n) is 44.8. The highest BCUT2D eigenvalue weighted by atomic mass is 16.5. The number of fused-ring (bicyclic) bond motifs is 9. The van der Waals surface area contributed by atoms with Crippen LogP contribution in [0.5, 0.6) is 0 Å².